The fourth-order valence-electron chi connectivity index (χ4n) is 4.08. The predicted molar refractivity (Wildman–Crippen MR) is 132 cm³/mol. The maximum absolute atomic E-state index is 12.7. The van der Waals surface area contributed by atoms with Crippen LogP contribution < -0.4 is 27.3 Å². The smallest absolute Gasteiger partial charge is 0.405 e. The molecular weight excluding hydrogens is 458 g/mol. The van der Waals surface area contributed by atoms with Gasteiger partial charge in [-0.3, -0.25) is 9.69 Å². The lowest BCUT2D eigenvalue weighted by molar-refractivity contribution is 0.0632. The van der Waals surface area contributed by atoms with Gasteiger partial charge in [0.05, 0.1) is 23.4 Å². The first-order valence-electron chi connectivity index (χ1n) is 11.2. The van der Waals surface area contributed by atoms with Gasteiger partial charge in [-0.1, -0.05) is 35.9 Å². The number of ether oxygens (including phenoxy) is 2. The molecule has 1 atom stereocenters. The number of nitrogens with zero attached hydrogens (tertiary/aromatic N) is 1. The van der Waals surface area contributed by atoms with Crippen LogP contribution in [-0.4, -0.2) is 50.2 Å². The molecule has 2 aromatic rings. The van der Waals surface area contributed by atoms with E-state index in [1.165, 1.54) is 13.2 Å². The third kappa shape index (κ3) is 6.75. The fourth-order valence-corrected chi connectivity index (χ4v) is 4.23. The molecule has 1 aliphatic rings. The van der Waals surface area contributed by atoms with Crippen LogP contribution in [0, 0.1) is 5.92 Å². The van der Waals surface area contributed by atoms with Gasteiger partial charge in [0.1, 0.15) is 11.9 Å². The first-order valence-corrected chi connectivity index (χ1v) is 11.6. The lowest BCUT2D eigenvalue weighted by atomic mass is 9.96. The number of benzene rings is 2. The van der Waals surface area contributed by atoms with E-state index < -0.39 is 12.2 Å². The second-order valence-electron chi connectivity index (χ2n) is 8.40. The number of hydrogen-bond donors (Lipinski definition) is 4. The molecule has 1 fully saturated rings. The topological polar surface area (TPSA) is 146 Å². The van der Waals surface area contributed by atoms with E-state index >= 15 is 0 Å². The number of nitrogens with one attached hydrogen (secondary N) is 1. The summed E-state index contributed by atoms with van der Waals surface area (Å²) in [4.78, 5) is 26.4. The van der Waals surface area contributed by atoms with Crippen LogP contribution in [0.2, 0.25) is 5.02 Å². The van der Waals surface area contributed by atoms with Gasteiger partial charge in [-0.15, -0.1) is 0 Å². The molecule has 34 heavy (non-hydrogen) atoms. The molecule has 10 heteroatoms. The van der Waals surface area contributed by atoms with Crippen LogP contribution >= 0.6 is 11.6 Å². The fraction of sp³-hybridized carbons (Fsp3) is 0.417. The number of methoxy groups -OCH3 is 1. The second kappa shape index (κ2) is 11.9. The average Bonchev–Trinajstić information content (AvgIpc) is 2.84. The second-order valence-corrected chi connectivity index (χ2v) is 8.81. The standard InChI is InChI=1S/C24H32ClN5O4/c1-33-21-11-19(25)20(27)10-18(21)23(31)29-13-16-6-8-30(9-7-16)14-22(34-24(28)32)17-4-2-15(12-26)3-5-17/h2-5,10-11,16,22H,6-9,12-14,26-27H2,1H3,(H2,28,32)(H,29,31). The number of hydrogen-bond acceptors (Lipinski definition) is 7. The molecule has 0 aliphatic carbocycles. The van der Waals surface area contributed by atoms with Gasteiger partial charge in [0.15, 0.2) is 0 Å². The molecule has 1 saturated heterocycles. The summed E-state index contributed by atoms with van der Waals surface area (Å²) in [5, 5.41) is 3.32. The van der Waals surface area contributed by atoms with Gasteiger partial charge >= 0.3 is 6.09 Å². The quantitative estimate of drug-likeness (QED) is 0.396. The summed E-state index contributed by atoms with van der Waals surface area (Å²) in [5.74, 6) is 0.459. The molecule has 0 spiro atoms. The Morgan fingerprint density at radius 1 is 1.21 bits per heavy atom. The number of primary amides is 1. The first-order chi connectivity index (χ1) is 16.3. The summed E-state index contributed by atoms with van der Waals surface area (Å²) >= 11 is 6.02. The SMILES string of the molecule is COc1cc(Cl)c(N)cc1C(=O)NCC1CCN(CC(OC(N)=O)c2ccc(CN)cc2)CC1. The van der Waals surface area contributed by atoms with E-state index in [4.69, 9.17) is 38.3 Å². The van der Waals surface area contributed by atoms with Crippen LogP contribution in [0.3, 0.4) is 0 Å². The van der Waals surface area contributed by atoms with Crippen molar-refractivity contribution >= 4 is 29.3 Å². The number of piperidine rings is 1. The summed E-state index contributed by atoms with van der Waals surface area (Å²) in [7, 11) is 1.48. The van der Waals surface area contributed by atoms with Crippen molar-refractivity contribution < 1.29 is 19.1 Å². The molecule has 0 radical (unpaired) electrons. The normalized spacial score (nSPS) is 15.5. The van der Waals surface area contributed by atoms with Gasteiger partial charge in [-0.25, -0.2) is 4.79 Å². The van der Waals surface area contributed by atoms with Gasteiger partial charge in [0, 0.05) is 25.7 Å². The largest absolute Gasteiger partial charge is 0.496 e. The Morgan fingerprint density at radius 2 is 1.88 bits per heavy atom. The van der Waals surface area contributed by atoms with E-state index in [2.05, 4.69) is 10.2 Å². The summed E-state index contributed by atoms with van der Waals surface area (Å²) in [6, 6.07) is 10.7. The highest BCUT2D eigenvalue weighted by Gasteiger charge is 2.25. The third-order valence-electron chi connectivity index (χ3n) is 6.09. The summed E-state index contributed by atoms with van der Waals surface area (Å²) < 4.78 is 10.6. The number of amides is 2. The van der Waals surface area contributed by atoms with E-state index in [0.29, 0.717) is 47.6 Å². The van der Waals surface area contributed by atoms with Gasteiger partial charge in [-0.2, -0.15) is 0 Å². The molecule has 1 heterocycles. The number of rotatable bonds is 9. The number of anilines is 1. The first kappa shape index (κ1) is 25.6. The lowest BCUT2D eigenvalue weighted by Gasteiger charge is -2.34. The predicted octanol–water partition coefficient (Wildman–Crippen LogP) is 2.67. The van der Waals surface area contributed by atoms with Gasteiger partial charge in [0.25, 0.3) is 5.91 Å². The minimum Gasteiger partial charge on any atom is -0.496 e. The Labute approximate surface area is 204 Å². The van der Waals surface area contributed by atoms with Crippen LogP contribution in [0.15, 0.2) is 36.4 Å². The molecule has 3 rings (SSSR count). The summed E-state index contributed by atoms with van der Waals surface area (Å²) in [6.07, 6.45) is 0.540. The van der Waals surface area contributed by atoms with Crippen molar-refractivity contribution in [3.8, 4) is 5.75 Å². The van der Waals surface area contributed by atoms with Crippen molar-refractivity contribution in [1.29, 1.82) is 0 Å². The Bertz CT molecular complexity index is 994. The van der Waals surface area contributed by atoms with Crippen molar-refractivity contribution in [2.24, 2.45) is 17.4 Å². The number of nitrogen functional groups attached to an aromatic ring is 1. The highest BCUT2D eigenvalue weighted by atomic mass is 35.5. The van der Waals surface area contributed by atoms with E-state index in [1.807, 2.05) is 24.3 Å². The van der Waals surface area contributed by atoms with Crippen LogP contribution in [-0.2, 0) is 11.3 Å². The minimum atomic E-state index is -0.802. The molecule has 184 valence electrons. The molecule has 0 bridgehead atoms. The van der Waals surface area contributed by atoms with E-state index in [-0.39, 0.29) is 5.91 Å². The molecule has 9 nitrogen and oxygen atoms in total. The van der Waals surface area contributed by atoms with Crippen molar-refractivity contribution in [3.05, 3.63) is 58.1 Å². The van der Waals surface area contributed by atoms with E-state index in [0.717, 1.165) is 37.1 Å². The molecular formula is C24H32ClN5O4. The lowest BCUT2D eigenvalue weighted by Crippen LogP contribution is -2.41. The Morgan fingerprint density at radius 3 is 2.47 bits per heavy atom. The zero-order valence-corrected chi connectivity index (χ0v) is 20.0. The zero-order valence-electron chi connectivity index (χ0n) is 19.3. The maximum Gasteiger partial charge on any atom is 0.405 e. The van der Waals surface area contributed by atoms with Crippen LogP contribution in [0.5, 0.6) is 5.75 Å². The highest BCUT2D eigenvalue weighted by Crippen LogP contribution is 2.29. The number of carbonyl (C=O) groups excluding carboxylic acids is 2. The van der Waals surface area contributed by atoms with Gasteiger partial charge < -0.3 is 32.0 Å². The highest BCUT2D eigenvalue weighted by molar-refractivity contribution is 6.33. The van der Waals surface area contributed by atoms with Crippen molar-refractivity contribution in [3.63, 3.8) is 0 Å². The number of likely N-dealkylation sites (tertiary alicyclic amines) is 1. The van der Waals surface area contributed by atoms with Crippen LogP contribution in [0.4, 0.5) is 10.5 Å². The molecule has 0 aromatic heterocycles. The Kier molecular flexibility index (Phi) is 8.98. The minimum absolute atomic E-state index is 0.251. The van der Waals surface area contributed by atoms with Crippen molar-refractivity contribution in [2.45, 2.75) is 25.5 Å². The number of carbonyl (C=O) groups is 2. The van der Waals surface area contributed by atoms with Crippen LogP contribution in [0.1, 0.15) is 40.4 Å². The molecule has 2 amide bonds. The van der Waals surface area contributed by atoms with Gasteiger partial charge in [0.2, 0.25) is 0 Å². The Balaban J connectivity index is 1.52. The van der Waals surface area contributed by atoms with Crippen molar-refractivity contribution in [1.82, 2.24) is 10.2 Å². The molecule has 1 unspecified atom stereocenters. The monoisotopic (exact) mass is 489 g/mol. The summed E-state index contributed by atoms with van der Waals surface area (Å²) in [6.45, 7) is 3.17. The van der Waals surface area contributed by atoms with E-state index in [1.54, 1.807) is 6.07 Å². The maximum atomic E-state index is 12.7. The third-order valence-corrected chi connectivity index (χ3v) is 6.42. The van der Waals surface area contributed by atoms with E-state index in [9.17, 15) is 9.59 Å². The molecule has 1 aliphatic heterocycles. The van der Waals surface area contributed by atoms with Crippen LogP contribution in [0.25, 0.3) is 0 Å². The van der Waals surface area contributed by atoms with Gasteiger partial charge in [-0.05, 0) is 49.0 Å². The average molecular weight is 490 g/mol. The van der Waals surface area contributed by atoms with Crippen molar-refractivity contribution in [2.75, 3.05) is 39.0 Å². The number of nitrogens with two attached hydrogens (primary N) is 3. The summed E-state index contributed by atoms with van der Waals surface area (Å²) in [5.41, 5.74) is 19.4. The number of halogens is 1. The molecule has 2 aromatic carbocycles. The molecule has 7 N–H and O–H groups in total. The molecule has 0 saturated carbocycles. The zero-order chi connectivity index (χ0) is 24.7. The Hall–Kier alpha value is -3.01.